The number of amides is 3. The summed E-state index contributed by atoms with van der Waals surface area (Å²) >= 11 is 1.12. The number of aliphatic hydroxyl groups excluding tert-OH is 1. The van der Waals surface area contributed by atoms with E-state index < -0.39 is 77.4 Å². The van der Waals surface area contributed by atoms with Crippen LogP contribution in [-0.2, 0) is 28.7 Å². The van der Waals surface area contributed by atoms with Crippen LogP contribution in [0.25, 0.3) is 0 Å². The standard InChI is InChI=1S/C29H31N3O11S/c1-5-7-20(34)42-15(4)43-29(41)31-12-18(11-19(31)25(35)30-17-9-6-8-16(10-17)27(37)38)44-24-13(2)22-21(14(3)33)26(36)32(22)23(24)28(39)40/h1,6,8-10,13-15,18-19,21-22,33H,7,11-12H2,2-4H3,(H,30,35)(H,37,38)(H,39,40)/t13-,14-,15?,18+,19+,21-,22+/m1/s1. The summed E-state index contributed by atoms with van der Waals surface area (Å²) < 4.78 is 10.2. The third kappa shape index (κ3) is 6.36. The van der Waals surface area contributed by atoms with E-state index >= 15 is 0 Å². The van der Waals surface area contributed by atoms with Gasteiger partial charge < -0.3 is 35.0 Å². The number of carboxylic acid groups (broad SMARTS) is 2. The van der Waals surface area contributed by atoms with E-state index in [0.717, 1.165) is 16.7 Å². The van der Waals surface area contributed by atoms with Crippen LogP contribution in [0.3, 0.4) is 0 Å². The summed E-state index contributed by atoms with van der Waals surface area (Å²) in [5, 5.41) is 31.5. The lowest BCUT2D eigenvalue weighted by Crippen LogP contribution is -2.63. The van der Waals surface area contributed by atoms with Gasteiger partial charge in [-0.25, -0.2) is 14.4 Å². The first-order valence-corrected chi connectivity index (χ1v) is 14.5. The van der Waals surface area contributed by atoms with Gasteiger partial charge in [-0.15, -0.1) is 18.2 Å². The number of aromatic carboxylic acids is 1. The highest BCUT2D eigenvalue weighted by molar-refractivity contribution is 8.03. The Kier molecular flexibility index (Phi) is 9.55. The van der Waals surface area contributed by atoms with Crippen LogP contribution >= 0.6 is 11.8 Å². The number of aliphatic hydroxyl groups is 1. The first-order chi connectivity index (χ1) is 20.7. The number of rotatable bonds is 10. The van der Waals surface area contributed by atoms with Crippen LogP contribution in [0.2, 0.25) is 0 Å². The quantitative estimate of drug-likeness (QED) is 0.127. The lowest BCUT2D eigenvalue weighted by Gasteiger charge is -2.46. The Hall–Kier alpha value is -4.55. The van der Waals surface area contributed by atoms with E-state index in [9.17, 15) is 44.1 Å². The van der Waals surface area contributed by atoms with Gasteiger partial charge in [-0.1, -0.05) is 18.9 Å². The molecule has 4 rings (SSSR count). The lowest BCUT2D eigenvalue weighted by molar-refractivity contribution is -0.165. The zero-order chi connectivity index (χ0) is 32.5. The molecule has 3 amide bonds. The van der Waals surface area contributed by atoms with E-state index in [2.05, 4.69) is 11.2 Å². The van der Waals surface area contributed by atoms with E-state index in [-0.39, 0.29) is 36.3 Å². The molecule has 234 valence electrons. The van der Waals surface area contributed by atoms with E-state index in [1.165, 1.54) is 43.0 Å². The molecule has 0 spiro atoms. The molecule has 0 aliphatic carbocycles. The minimum absolute atomic E-state index is 0.0387. The first kappa shape index (κ1) is 32.4. The van der Waals surface area contributed by atoms with Crippen molar-refractivity contribution in [2.75, 3.05) is 11.9 Å². The molecule has 7 atom stereocenters. The van der Waals surface area contributed by atoms with Gasteiger partial charge in [-0.2, -0.15) is 0 Å². The van der Waals surface area contributed by atoms with Crippen LogP contribution in [0.4, 0.5) is 10.5 Å². The number of ether oxygens (including phenoxy) is 2. The Balaban J connectivity index is 1.57. The molecule has 0 saturated carbocycles. The number of nitrogens with one attached hydrogen (secondary N) is 1. The van der Waals surface area contributed by atoms with Gasteiger partial charge in [0.15, 0.2) is 0 Å². The maximum atomic E-state index is 13.4. The number of carbonyl (C=O) groups excluding carboxylic acids is 4. The van der Waals surface area contributed by atoms with Crippen LogP contribution in [0.1, 0.15) is 44.0 Å². The van der Waals surface area contributed by atoms with Gasteiger partial charge in [0.25, 0.3) is 0 Å². The molecular formula is C29H31N3O11S. The average Bonchev–Trinajstić information content (AvgIpc) is 3.46. The fourth-order valence-electron chi connectivity index (χ4n) is 5.69. The number of thioether (sulfide) groups is 1. The molecule has 1 aromatic carbocycles. The summed E-state index contributed by atoms with van der Waals surface area (Å²) in [6.07, 6.45) is 1.48. The Labute approximate surface area is 256 Å². The van der Waals surface area contributed by atoms with Gasteiger partial charge in [0, 0.05) is 35.2 Å². The number of hydrogen-bond donors (Lipinski definition) is 4. The van der Waals surface area contributed by atoms with E-state index in [4.69, 9.17) is 15.9 Å². The average molecular weight is 630 g/mol. The zero-order valence-corrected chi connectivity index (χ0v) is 24.8. The molecule has 1 aromatic rings. The highest BCUT2D eigenvalue weighted by atomic mass is 32.2. The van der Waals surface area contributed by atoms with Crippen LogP contribution in [0.15, 0.2) is 34.9 Å². The van der Waals surface area contributed by atoms with Crippen LogP contribution in [-0.4, -0.2) is 97.2 Å². The summed E-state index contributed by atoms with van der Waals surface area (Å²) in [5.41, 5.74) is -0.0984. The molecule has 15 heteroatoms. The van der Waals surface area contributed by atoms with Crippen molar-refractivity contribution in [3.8, 4) is 12.3 Å². The Morgan fingerprint density at radius 1 is 1.16 bits per heavy atom. The molecule has 0 aromatic heterocycles. The topological polar surface area (TPSA) is 200 Å². The zero-order valence-electron chi connectivity index (χ0n) is 24.0. The fraction of sp³-hybridized carbons (Fsp3) is 0.448. The number of β-lactam (4-membered cyclic amide) rings is 1. The fourth-order valence-corrected chi connectivity index (χ4v) is 7.21. The third-order valence-electron chi connectivity index (χ3n) is 7.59. The molecule has 2 fully saturated rings. The maximum Gasteiger partial charge on any atom is 0.413 e. The second-order valence-corrected chi connectivity index (χ2v) is 12.0. The van der Waals surface area contributed by atoms with Gasteiger partial charge in [0.05, 0.1) is 23.6 Å². The number of nitrogens with zero attached hydrogens (tertiary/aromatic N) is 2. The molecular weight excluding hydrogens is 598 g/mol. The number of carboxylic acids is 2. The number of benzene rings is 1. The predicted molar refractivity (Wildman–Crippen MR) is 154 cm³/mol. The highest BCUT2D eigenvalue weighted by Gasteiger charge is 2.60. The monoisotopic (exact) mass is 629 g/mol. The molecule has 4 N–H and O–H groups in total. The normalized spacial score (nSPS) is 25.3. The summed E-state index contributed by atoms with van der Waals surface area (Å²) in [7, 11) is 0. The predicted octanol–water partition coefficient (Wildman–Crippen LogP) is 1.70. The van der Waals surface area contributed by atoms with E-state index in [1.807, 2.05) is 0 Å². The maximum absolute atomic E-state index is 13.4. The van der Waals surface area contributed by atoms with Crippen molar-refractivity contribution in [1.82, 2.24) is 9.80 Å². The van der Waals surface area contributed by atoms with Crippen molar-refractivity contribution in [2.24, 2.45) is 11.8 Å². The van der Waals surface area contributed by atoms with Crippen molar-refractivity contribution in [2.45, 2.75) is 63.3 Å². The summed E-state index contributed by atoms with van der Waals surface area (Å²) in [6, 6.07) is 3.83. The Morgan fingerprint density at radius 3 is 2.48 bits per heavy atom. The smallest absolute Gasteiger partial charge is 0.413 e. The third-order valence-corrected chi connectivity index (χ3v) is 9.09. The SMILES string of the molecule is C#CCC(=O)OC(C)OC(=O)N1C[C@@H](SC2=C(C(=O)O)N3C(=O)[C@H]([C@@H](C)O)[C@@H]3[C@H]2C)C[C@H]1C(=O)Nc1cccc(C(=O)O)c1. The van der Waals surface area contributed by atoms with Crippen LogP contribution in [0, 0.1) is 24.2 Å². The highest BCUT2D eigenvalue weighted by Crippen LogP contribution is 2.52. The van der Waals surface area contributed by atoms with E-state index in [0.29, 0.717) is 4.91 Å². The summed E-state index contributed by atoms with van der Waals surface area (Å²) in [4.78, 5) is 77.4. The van der Waals surface area contributed by atoms with Gasteiger partial charge in [0.2, 0.25) is 18.1 Å². The Morgan fingerprint density at radius 2 is 1.86 bits per heavy atom. The number of esters is 1. The number of hydrogen-bond acceptors (Lipinski definition) is 10. The van der Waals surface area contributed by atoms with Crippen molar-refractivity contribution in [3.63, 3.8) is 0 Å². The number of carbonyl (C=O) groups is 6. The number of aliphatic carboxylic acids is 1. The van der Waals surface area contributed by atoms with Gasteiger partial charge in [-0.05, 0) is 31.5 Å². The molecule has 14 nitrogen and oxygen atoms in total. The molecule has 2 saturated heterocycles. The molecule has 0 bridgehead atoms. The molecule has 3 heterocycles. The number of likely N-dealkylation sites (tertiary alicyclic amines) is 1. The number of anilines is 1. The van der Waals surface area contributed by atoms with E-state index in [1.54, 1.807) is 6.92 Å². The van der Waals surface area contributed by atoms with Crippen LogP contribution < -0.4 is 5.32 Å². The number of terminal acetylenes is 1. The summed E-state index contributed by atoms with van der Waals surface area (Å²) in [6.45, 7) is 4.44. The van der Waals surface area contributed by atoms with Crippen molar-refractivity contribution < 1.29 is 53.6 Å². The molecule has 44 heavy (non-hydrogen) atoms. The van der Waals surface area contributed by atoms with Gasteiger partial charge >= 0.3 is 24.0 Å². The second kappa shape index (κ2) is 13.0. The molecule has 3 aliphatic heterocycles. The van der Waals surface area contributed by atoms with Crippen LogP contribution in [0.5, 0.6) is 0 Å². The molecule has 0 radical (unpaired) electrons. The van der Waals surface area contributed by atoms with Gasteiger partial charge in [-0.3, -0.25) is 19.3 Å². The lowest BCUT2D eigenvalue weighted by atomic mass is 9.79. The van der Waals surface area contributed by atoms with Crippen molar-refractivity contribution in [3.05, 3.63) is 40.4 Å². The second-order valence-electron chi connectivity index (χ2n) is 10.6. The molecule has 1 unspecified atom stereocenters. The van der Waals surface area contributed by atoms with Crippen molar-refractivity contribution >= 4 is 53.3 Å². The van der Waals surface area contributed by atoms with Gasteiger partial charge in [0.1, 0.15) is 18.2 Å². The first-order valence-electron chi connectivity index (χ1n) is 13.6. The largest absolute Gasteiger partial charge is 0.478 e. The van der Waals surface area contributed by atoms with Crippen molar-refractivity contribution in [1.29, 1.82) is 0 Å². The summed E-state index contributed by atoms with van der Waals surface area (Å²) in [5.74, 6) is -3.55. The minimum atomic E-state index is -1.34. The Bertz CT molecular complexity index is 1470. The minimum Gasteiger partial charge on any atom is -0.478 e. The number of fused-ring (bicyclic) bond motifs is 1. The molecule has 3 aliphatic rings.